The van der Waals surface area contributed by atoms with Crippen molar-refractivity contribution in [2.24, 2.45) is 5.92 Å². The van der Waals surface area contributed by atoms with Gasteiger partial charge in [-0.2, -0.15) is 0 Å². The molecular weight excluding hydrogens is 174 g/mol. The molecule has 0 aromatic heterocycles. The highest BCUT2D eigenvalue weighted by Gasteiger charge is 2.33. The van der Waals surface area contributed by atoms with Gasteiger partial charge < -0.3 is 0 Å². The summed E-state index contributed by atoms with van der Waals surface area (Å²) in [5.74, 6) is 1.28. The maximum atomic E-state index is 11.5. The highest BCUT2D eigenvalue weighted by molar-refractivity contribution is 5.79. The van der Waals surface area contributed by atoms with Crippen LogP contribution in [0.25, 0.3) is 0 Å². The van der Waals surface area contributed by atoms with Gasteiger partial charge in [0, 0.05) is 18.9 Å². The molecule has 2 atom stereocenters. The molecule has 0 amide bonds. The summed E-state index contributed by atoms with van der Waals surface area (Å²) < 4.78 is 0. The lowest BCUT2D eigenvalue weighted by Crippen LogP contribution is -2.43. The predicted octanol–water partition coefficient (Wildman–Crippen LogP) is 2.23. The first-order chi connectivity index (χ1) is 6.81. The van der Waals surface area contributed by atoms with E-state index < -0.39 is 0 Å². The molecule has 1 aliphatic heterocycles. The molecule has 0 aromatic rings. The van der Waals surface area contributed by atoms with Gasteiger partial charge in [0.25, 0.3) is 0 Å². The van der Waals surface area contributed by atoms with Gasteiger partial charge in [0.15, 0.2) is 0 Å². The molecule has 1 aliphatic carbocycles. The Kier molecular flexibility index (Phi) is 3.22. The summed E-state index contributed by atoms with van der Waals surface area (Å²) in [5, 5.41) is 0. The lowest BCUT2D eigenvalue weighted by molar-refractivity contribution is -0.123. The molecule has 1 saturated carbocycles. The second-order valence-electron chi connectivity index (χ2n) is 4.76. The van der Waals surface area contributed by atoms with Gasteiger partial charge in [-0.25, -0.2) is 0 Å². The van der Waals surface area contributed by atoms with Crippen LogP contribution in [0.4, 0.5) is 0 Å². The van der Waals surface area contributed by atoms with Crippen molar-refractivity contribution in [3.8, 4) is 0 Å². The van der Waals surface area contributed by atoms with Gasteiger partial charge in [-0.15, -0.1) is 0 Å². The SMILES string of the molecule is CCC1CCC(=O)CC1N1CCCC1. The van der Waals surface area contributed by atoms with Crippen LogP contribution in [0.5, 0.6) is 0 Å². The topological polar surface area (TPSA) is 20.3 Å². The Labute approximate surface area is 86.7 Å². The fourth-order valence-corrected chi connectivity index (χ4v) is 3.02. The highest BCUT2D eigenvalue weighted by Crippen LogP contribution is 2.30. The third-order valence-corrected chi connectivity index (χ3v) is 3.91. The van der Waals surface area contributed by atoms with E-state index >= 15 is 0 Å². The molecule has 0 bridgehead atoms. The van der Waals surface area contributed by atoms with Crippen LogP contribution in [-0.4, -0.2) is 29.8 Å². The van der Waals surface area contributed by atoms with E-state index in [0.29, 0.717) is 11.8 Å². The van der Waals surface area contributed by atoms with Crippen molar-refractivity contribution in [3.05, 3.63) is 0 Å². The van der Waals surface area contributed by atoms with E-state index in [1.165, 1.54) is 32.4 Å². The predicted molar refractivity (Wildman–Crippen MR) is 57.2 cm³/mol. The first-order valence-corrected chi connectivity index (χ1v) is 6.07. The van der Waals surface area contributed by atoms with Crippen LogP contribution < -0.4 is 0 Å². The van der Waals surface area contributed by atoms with Crippen LogP contribution in [0.15, 0.2) is 0 Å². The van der Waals surface area contributed by atoms with Gasteiger partial charge in [0.2, 0.25) is 0 Å². The van der Waals surface area contributed by atoms with Crippen LogP contribution in [0.3, 0.4) is 0 Å². The van der Waals surface area contributed by atoms with Gasteiger partial charge in [-0.3, -0.25) is 9.69 Å². The molecule has 0 aromatic carbocycles. The minimum absolute atomic E-state index is 0.492. The van der Waals surface area contributed by atoms with Crippen LogP contribution in [-0.2, 0) is 4.79 Å². The third kappa shape index (κ3) is 2.00. The number of carbonyl (C=O) groups is 1. The first kappa shape index (κ1) is 10.2. The first-order valence-electron chi connectivity index (χ1n) is 6.07. The summed E-state index contributed by atoms with van der Waals surface area (Å²) in [5.41, 5.74) is 0. The Balaban J connectivity index is 2.00. The van der Waals surface area contributed by atoms with Crippen LogP contribution in [0.1, 0.15) is 45.4 Å². The van der Waals surface area contributed by atoms with Crippen molar-refractivity contribution in [3.63, 3.8) is 0 Å². The quantitative estimate of drug-likeness (QED) is 0.673. The van der Waals surface area contributed by atoms with Crippen LogP contribution in [0, 0.1) is 5.92 Å². The molecule has 80 valence electrons. The Hall–Kier alpha value is -0.370. The van der Waals surface area contributed by atoms with E-state index in [2.05, 4.69) is 11.8 Å². The van der Waals surface area contributed by atoms with Crippen LogP contribution >= 0.6 is 0 Å². The van der Waals surface area contributed by atoms with E-state index in [1.54, 1.807) is 0 Å². The van der Waals surface area contributed by atoms with Gasteiger partial charge in [0.05, 0.1) is 0 Å². The third-order valence-electron chi connectivity index (χ3n) is 3.91. The Morgan fingerprint density at radius 1 is 1.36 bits per heavy atom. The summed E-state index contributed by atoms with van der Waals surface area (Å²) in [6.45, 7) is 4.73. The van der Waals surface area contributed by atoms with E-state index in [1.807, 2.05) is 0 Å². The smallest absolute Gasteiger partial charge is 0.134 e. The molecule has 14 heavy (non-hydrogen) atoms. The summed E-state index contributed by atoms with van der Waals surface area (Å²) in [6.07, 6.45) is 6.72. The number of rotatable bonds is 2. The van der Waals surface area contributed by atoms with Crippen molar-refractivity contribution in [1.82, 2.24) is 4.90 Å². The largest absolute Gasteiger partial charge is 0.300 e. The van der Waals surface area contributed by atoms with E-state index in [-0.39, 0.29) is 0 Å². The van der Waals surface area contributed by atoms with Crippen molar-refractivity contribution in [1.29, 1.82) is 0 Å². The normalized spacial score (nSPS) is 35.1. The number of hydrogen-bond acceptors (Lipinski definition) is 2. The molecule has 0 radical (unpaired) electrons. The van der Waals surface area contributed by atoms with Crippen molar-refractivity contribution in [2.45, 2.75) is 51.5 Å². The van der Waals surface area contributed by atoms with E-state index in [4.69, 9.17) is 0 Å². The Morgan fingerprint density at radius 3 is 2.71 bits per heavy atom. The minimum atomic E-state index is 0.492. The van der Waals surface area contributed by atoms with Gasteiger partial charge in [-0.1, -0.05) is 13.3 Å². The summed E-state index contributed by atoms with van der Waals surface area (Å²) in [6, 6.07) is 0.587. The second-order valence-corrected chi connectivity index (χ2v) is 4.76. The average Bonchev–Trinajstić information content (AvgIpc) is 2.70. The van der Waals surface area contributed by atoms with Crippen molar-refractivity contribution >= 4 is 5.78 Å². The zero-order valence-electron chi connectivity index (χ0n) is 9.17. The van der Waals surface area contributed by atoms with Crippen LogP contribution in [0.2, 0.25) is 0 Å². The number of hydrogen-bond donors (Lipinski definition) is 0. The summed E-state index contributed by atoms with van der Waals surface area (Å²) in [7, 11) is 0. The fourth-order valence-electron chi connectivity index (χ4n) is 3.02. The lowest BCUT2D eigenvalue weighted by Gasteiger charge is -2.36. The number of Topliss-reactive ketones (excluding diaryl/α,β-unsaturated/α-hetero) is 1. The van der Waals surface area contributed by atoms with Gasteiger partial charge in [0.1, 0.15) is 5.78 Å². The number of likely N-dealkylation sites (tertiary alicyclic amines) is 1. The zero-order valence-corrected chi connectivity index (χ0v) is 9.17. The maximum Gasteiger partial charge on any atom is 0.134 e. The molecule has 2 nitrogen and oxygen atoms in total. The molecule has 0 N–H and O–H groups in total. The Bertz CT molecular complexity index is 206. The number of nitrogens with zero attached hydrogens (tertiary/aromatic N) is 1. The van der Waals surface area contributed by atoms with E-state index in [9.17, 15) is 4.79 Å². The standard InChI is InChI=1S/C12H21NO/c1-2-10-5-6-11(14)9-12(10)13-7-3-4-8-13/h10,12H,2-9H2,1H3. The van der Waals surface area contributed by atoms with Crippen molar-refractivity contribution < 1.29 is 4.79 Å². The molecule has 1 heterocycles. The molecular formula is C12H21NO. The second kappa shape index (κ2) is 4.43. The molecule has 2 unspecified atom stereocenters. The molecule has 2 rings (SSSR count). The van der Waals surface area contributed by atoms with E-state index in [0.717, 1.165) is 25.2 Å². The molecule has 2 fully saturated rings. The fraction of sp³-hybridized carbons (Fsp3) is 0.917. The van der Waals surface area contributed by atoms with Gasteiger partial charge >= 0.3 is 0 Å². The molecule has 2 aliphatic rings. The number of ketones is 1. The molecule has 2 heteroatoms. The minimum Gasteiger partial charge on any atom is -0.300 e. The number of carbonyl (C=O) groups excluding carboxylic acids is 1. The maximum absolute atomic E-state index is 11.5. The van der Waals surface area contributed by atoms with Crippen molar-refractivity contribution in [2.75, 3.05) is 13.1 Å². The molecule has 1 saturated heterocycles. The monoisotopic (exact) mass is 195 g/mol. The highest BCUT2D eigenvalue weighted by atomic mass is 16.1. The zero-order chi connectivity index (χ0) is 9.97. The average molecular weight is 195 g/mol. The summed E-state index contributed by atoms with van der Waals surface area (Å²) >= 11 is 0. The Morgan fingerprint density at radius 2 is 2.07 bits per heavy atom. The summed E-state index contributed by atoms with van der Waals surface area (Å²) in [4.78, 5) is 14.0. The lowest BCUT2D eigenvalue weighted by atomic mass is 9.81. The molecule has 0 spiro atoms. The van der Waals surface area contributed by atoms with Gasteiger partial charge in [-0.05, 0) is 38.3 Å².